The first kappa shape index (κ1) is 13.0. The quantitative estimate of drug-likeness (QED) is 0.832. The van der Waals surface area contributed by atoms with Crippen LogP contribution in [0.1, 0.15) is 25.8 Å². The summed E-state index contributed by atoms with van der Waals surface area (Å²) in [4.78, 5) is 0. The van der Waals surface area contributed by atoms with E-state index in [1.165, 1.54) is 0 Å². The third-order valence-electron chi connectivity index (χ3n) is 3.03. The molecule has 5 nitrogen and oxygen atoms in total. The van der Waals surface area contributed by atoms with Gasteiger partial charge in [-0.25, -0.2) is 0 Å². The molecule has 1 atom stereocenters. The third kappa shape index (κ3) is 2.68. The van der Waals surface area contributed by atoms with E-state index >= 15 is 0 Å². The minimum atomic E-state index is -0.886. The second-order valence-corrected chi connectivity index (χ2v) is 4.61. The normalized spacial score (nSPS) is 16.4. The van der Waals surface area contributed by atoms with Crippen molar-refractivity contribution < 1.29 is 24.4 Å². The van der Waals surface area contributed by atoms with Gasteiger partial charge in [-0.05, 0) is 19.4 Å². The Bertz CT molecular complexity index is 428. The maximum absolute atomic E-state index is 9.90. The Morgan fingerprint density at radius 2 is 2.00 bits per heavy atom. The lowest BCUT2D eigenvalue weighted by atomic mass is 10.1. The average Bonchev–Trinajstić information content (AvgIpc) is 2.82. The van der Waals surface area contributed by atoms with Crippen molar-refractivity contribution in [2.75, 3.05) is 13.4 Å². The van der Waals surface area contributed by atoms with Crippen molar-refractivity contribution in [3.63, 3.8) is 0 Å². The fraction of sp³-hybridized carbons (Fsp3) is 0.538. The molecule has 1 aromatic rings. The molecule has 18 heavy (non-hydrogen) atoms. The first-order valence-electron chi connectivity index (χ1n) is 5.94. The van der Waals surface area contributed by atoms with E-state index in [0.717, 1.165) is 0 Å². The molecule has 5 heteroatoms. The van der Waals surface area contributed by atoms with E-state index < -0.39 is 5.60 Å². The maximum Gasteiger partial charge on any atom is 0.231 e. The Kier molecular flexibility index (Phi) is 3.63. The number of hydrogen-bond donors (Lipinski definition) is 2. The van der Waals surface area contributed by atoms with Gasteiger partial charge in [0, 0.05) is 11.6 Å². The van der Waals surface area contributed by atoms with Crippen LogP contribution in [0.2, 0.25) is 0 Å². The molecule has 0 radical (unpaired) electrons. The van der Waals surface area contributed by atoms with Crippen LogP contribution in [0, 0.1) is 0 Å². The van der Waals surface area contributed by atoms with E-state index in [9.17, 15) is 10.2 Å². The van der Waals surface area contributed by atoms with E-state index in [4.69, 9.17) is 14.2 Å². The average molecular weight is 254 g/mol. The second kappa shape index (κ2) is 5.04. The molecule has 0 bridgehead atoms. The highest BCUT2D eigenvalue weighted by atomic mass is 16.7. The Morgan fingerprint density at radius 3 is 2.61 bits per heavy atom. The molecule has 0 spiro atoms. The molecular weight excluding hydrogens is 236 g/mol. The summed E-state index contributed by atoms with van der Waals surface area (Å²) in [5.74, 6) is 1.71. The summed E-state index contributed by atoms with van der Waals surface area (Å²) in [7, 11) is 0. The van der Waals surface area contributed by atoms with Crippen LogP contribution in [0.4, 0.5) is 0 Å². The van der Waals surface area contributed by atoms with Gasteiger partial charge in [-0.1, -0.05) is 6.92 Å². The molecule has 1 heterocycles. The number of benzene rings is 1. The summed E-state index contributed by atoms with van der Waals surface area (Å²) in [6.07, 6.45) is 0.589. The van der Waals surface area contributed by atoms with Gasteiger partial charge in [-0.3, -0.25) is 0 Å². The first-order chi connectivity index (χ1) is 8.55. The monoisotopic (exact) mass is 254 g/mol. The maximum atomic E-state index is 9.90. The predicted molar refractivity (Wildman–Crippen MR) is 64.9 cm³/mol. The zero-order chi connectivity index (χ0) is 13.2. The smallest absolute Gasteiger partial charge is 0.231 e. The van der Waals surface area contributed by atoms with Gasteiger partial charge in [0.05, 0.1) is 12.2 Å². The van der Waals surface area contributed by atoms with Crippen LogP contribution in [0.3, 0.4) is 0 Å². The molecule has 0 saturated heterocycles. The molecular formula is C13H18O5. The molecule has 1 aromatic carbocycles. The van der Waals surface area contributed by atoms with Crippen molar-refractivity contribution in [2.24, 2.45) is 0 Å². The van der Waals surface area contributed by atoms with Crippen molar-refractivity contribution in [3.8, 4) is 17.2 Å². The molecule has 2 N–H and O–H groups in total. The van der Waals surface area contributed by atoms with Gasteiger partial charge in [0.15, 0.2) is 11.5 Å². The minimum Gasteiger partial charge on any atom is -0.490 e. The summed E-state index contributed by atoms with van der Waals surface area (Å²) >= 11 is 0. The largest absolute Gasteiger partial charge is 0.490 e. The molecule has 1 aliphatic rings. The van der Waals surface area contributed by atoms with E-state index in [0.29, 0.717) is 29.2 Å². The van der Waals surface area contributed by atoms with E-state index in [2.05, 4.69) is 0 Å². The fourth-order valence-electron chi connectivity index (χ4n) is 1.56. The van der Waals surface area contributed by atoms with Crippen LogP contribution in [-0.2, 0) is 6.61 Å². The molecule has 100 valence electrons. The van der Waals surface area contributed by atoms with Crippen molar-refractivity contribution >= 4 is 0 Å². The van der Waals surface area contributed by atoms with Crippen LogP contribution < -0.4 is 14.2 Å². The van der Waals surface area contributed by atoms with Gasteiger partial charge in [-0.15, -0.1) is 0 Å². The zero-order valence-corrected chi connectivity index (χ0v) is 10.6. The van der Waals surface area contributed by atoms with E-state index in [1.807, 2.05) is 6.92 Å². The molecule has 0 amide bonds. The third-order valence-corrected chi connectivity index (χ3v) is 3.03. The SMILES string of the molecule is CCC(C)(O)COc1cc2c(cc1CO)OCO2. The lowest BCUT2D eigenvalue weighted by molar-refractivity contribution is 0.00778. The summed E-state index contributed by atoms with van der Waals surface area (Å²) in [6.45, 7) is 3.78. The highest BCUT2D eigenvalue weighted by Crippen LogP contribution is 2.38. The fourth-order valence-corrected chi connectivity index (χ4v) is 1.56. The standard InChI is InChI=1S/C13H18O5/c1-3-13(2,15)7-16-10-5-12-11(17-8-18-12)4-9(10)6-14/h4-5,14-15H,3,6-8H2,1-2H3. The zero-order valence-electron chi connectivity index (χ0n) is 10.6. The van der Waals surface area contributed by atoms with Crippen molar-refractivity contribution in [1.29, 1.82) is 0 Å². The lowest BCUT2D eigenvalue weighted by Gasteiger charge is -2.22. The van der Waals surface area contributed by atoms with Gasteiger partial charge in [0.2, 0.25) is 6.79 Å². The summed E-state index contributed by atoms with van der Waals surface area (Å²) < 4.78 is 16.0. The molecule has 0 aliphatic carbocycles. The topological polar surface area (TPSA) is 68.2 Å². The van der Waals surface area contributed by atoms with Gasteiger partial charge < -0.3 is 24.4 Å². The first-order valence-corrected chi connectivity index (χ1v) is 5.94. The van der Waals surface area contributed by atoms with Crippen LogP contribution in [-0.4, -0.2) is 29.2 Å². The molecule has 1 aliphatic heterocycles. The lowest BCUT2D eigenvalue weighted by Crippen LogP contribution is -2.31. The van der Waals surface area contributed by atoms with Gasteiger partial charge >= 0.3 is 0 Å². The van der Waals surface area contributed by atoms with Crippen molar-refractivity contribution in [2.45, 2.75) is 32.5 Å². The van der Waals surface area contributed by atoms with Crippen LogP contribution in [0.15, 0.2) is 12.1 Å². The molecule has 1 unspecified atom stereocenters. The van der Waals surface area contributed by atoms with E-state index in [-0.39, 0.29) is 20.0 Å². The van der Waals surface area contributed by atoms with Gasteiger partial charge in [-0.2, -0.15) is 0 Å². The predicted octanol–water partition coefficient (Wildman–Crippen LogP) is 1.45. The molecule has 0 fully saturated rings. The summed E-state index contributed by atoms with van der Waals surface area (Å²) in [5.41, 5.74) is -0.269. The molecule has 0 saturated carbocycles. The second-order valence-electron chi connectivity index (χ2n) is 4.61. The highest BCUT2D eigenvalue weighted by Gasteiger charge is 2.22. The number of fused-ring (bicyclic) bond motifs is 1. The Morgan fingerprint density at radius 1 is 1.33 bits per heavy atom. The number of aliphatic hydroxyl groups excluding tert-OH is 1. The number of aliphatic hydroxyl groups is 2. The minimum absolute atomic E-state index is 0.153. The van der Waals surface area contributed by atoms with Crippen LogP contribution >= 0.6 is 0 Å². The van der Waals surface area contributed by atoms with Crippen molar-refractivity contribution in [3.05, 3.63) is 17.7 Å². The Balaban J connectivity index is 2.17. The summed E-state index contributed by atoms with van der Waals surface area (Å²) in [5, 5.41) is 19.2. The number of hydrogen-bond acceptors (Lipinski definition) is 5. The Hall–Kier alpha value is -1.46. The van der Waals surface area contributed by atoms with E-state index in [1.54, 1.807) is 19.1 Å². The van der Waals surface area contributed by atoms with Gasteiger partial charge in [0.1, 0.15) is 12.4 Å². The van der Waals surface area contributed by atoms with Crippen molar-refractivity contribution in [1.82, 2.24) is 0 Å². The summed E-state index contributed by atoms with van der Waals surface area (Å²) in [6, 6.07) is 3.37. The van der Waals surface area contributed by atoms with Crippen LogP contribution in [0.25, 0.3) is 0 Å². The highest BCUT2D eigenvalue weighted by molar-refractivity contribution is 5.51. The molecule has 0 aromatic heterocycles. The number of rotatable bonds is 5. The number of ether oxygens (including phenoxy) is 3. The Labute approximate surface area is 106 Å². The van der Waals surface area contributed by atoms with Crippen LogP contribution in [0.5, 0.6) is 17.2 Å². The molecule has 2 rings (SSSR count). The van der Waals surface area contributed by atoms with Gasteiger partial charge in [0.25, 0.3) is 0 Å².